The van der Waals surface area contributed by atoms with Crippen LogP contribution in [0.4, 0.5) is 17.2 Å². The number of hydrogen-bond donors (Lipinski definition) is 2. The fraction of sp³-hybridized carbons (Fsp3) is 0.0556. The Hall–Kier alpha value is -2.92. The predicted molar refractivity (Wildman–Crippen MR) is 95.9 cm³/mol. The summed E-state index contributed by atoms with van der Waals surface area (Å²) in [4.78, 5) is 12.2. The van der Waals surface area contributed by atoms with Gasteiger partial charge in [-0.25, -0.2) is 0 Å². The first-order valence-electron chi connectivity index (χ1n) is 7.35. The largest absolute Gasteiger partial charge is 0.339 e. The lowest BCUT2D eigenvalue weighted by Crippen LogP contribution is -2.14. The van der Waals surface area contributed by atoms with Crippen molar-refractivity contribution >= 4 is 34.7 Å². The Balaban J connectivity index is 1.70. The van der Waals surface area contributed by atoms with E-state index in [2.05, 4.69) is 20.8 Å². The number of amides is 1. The normalized spacial score (nSPS) is 10.2. The number of rotatable bonds is 4. The van der Waals surface area contributed by atoms with Gasteiger partial charge in [-0.15, -0.1) is 10.2 Å². The first kappa shape index (κ1) is 16.0. The monoisotopic (exact) mass is 338 g/mol. The number of benzene rings is 2. The summed E-state index contributed by atoms with van der Waals surface area (Å²) in [5, 5.41) is 14.5. The van der Waals surface area contributed by atoms with E-state index < -0.39 is 0 Å². The first-order valence-corrected chi connectivity index (χ1v) is 7.73. The minimum absolute atomic E-state index is 0.227. The van der Waals surface area contributed by atoms with Crippen LogP contribution in [0.5, 0.6) is 0 Å². The topological polar surface area (TPSA) is 66.9 Å². The minimum atomic E-state index is -0.341. The molecule has 0 spiro atoms. The molecule has 1 heterocycles. The Morgan fingerprint density at radius 2 is 1.83 bits per heavy atom. The summed E-state index contributed by atoms with van der Waals surface area (Å²) in [7, 11) is 0. The third-order valence-corrected chi connectivity index (χ3v) is 3.62. The van der Waals surface area contributed by atoms with Crippen LogP contribution in [0.15, 0.2) is 60.7 Å². The van der Waals surface area contributed by atoms with Gasteiger partial charge in [0.05, 0.1) is 0 Å². The van der Waals surface area contributed by atoms with Crippen LogP contribution >= 0.6 is 11.6 Å². The number of nitrogens with one attached hydrogen (secondary N) is 2. The van der Waals surface area contributed by atoms with Crippen LogP contribution < -0.4 is 10.6 Å². The Morgan fingerprint density at radius 3 is 2.54 bits per heavy atom. The van der Waals surface area contributed by atoms with Gasteiger partial charge in [0.25, 0.3) is 5.91 Å². The van der Waals surface area contributed by atoms with E-state index in [1.165, 1.54) is 0 Å². The zero-order valence-corrected chi connectivity index (χ0v) is 13.7. The van der Waals surface area contributed by atoms with E-state index in [9.17, 15) is 4.79 Å². The lowest BCUT2D eigenvalue weighted by molar-refractivity contribution is 0.102. The summed E-state index contributed by atoms with van der Waals surface area (Å²) in [6.07, 6.45) is 0. The molecule has 1 aromatic heterocycles. The second-order valence-corrected chi connectivity index (χ2v) is 5.64. The van der Waals surface area contributed by atoms with Crippen molar-refractivity contribution in [1.82, 2.24) is 10.2 Å². The van der Waals surface area contributed by atoms with Gasteiger partial charge >= 0.3 is 0 Å². The average Bonchev–Trinajstić information content (AvgIpc) is 2.57. The maximum absolute atomic E-state index is 12.2. The van der Waals surface area contributed by atoms with Crippen molar-refractivity contribution in [1.29, 1.82) is 0 Å². The molecule has 0 atom stereocenters. The third-order valence-electron chi connectivity index (χ3n) is 3.39. The molecule has 24 heavy (non-hydrogen) atoms. The van der Waals surface area contributed by atoms with Crippen molar-refractivity contribution in [2.45, 2.75) is 6.92 Å². The quantitative estimate of drug-likeness (QED) is 0.738. The van der Waals surface area contributed by atoms with E-state index in [0.717, 1.165) is 11.3 Å². The highest BCUT2D eigenvalue weighted by Gasteiger charge is 2.09. The zero-order chi connectivity index (χ0) is 16.9. The lowest BCUT2D eigenvalue weighted by atomic mass is 10.2. The number of aryl methyl sites for hydroxylation is 1. The Morgan fingerprint density at radius 1 is 1.00 bits per heavy atom. The molecule has 0 aliphatic heterocycles. The highest BCUT2D eigenvalue weighted by atomic mass is 35.5. The summed E-state index contributed by atoms with van der Waals surface area (Å²) in [6, 6.07) is 18.1. The predicted octanol–water partition coefficient (Wildman–Crippen LogP) is 4.43. The van der Waals surface area contributed by atoms with Crippen LogP contribution in [-0.4, -0.2) is 16.1 Å². The molecule has 120 valence electrons. The van der Waals surface area contributed by atoms with Crippen LogP contribution in [0.25, 0.3) is 0 Å². The van der Waals surface area contributed by atoms with E-state index in [0.29, 0.717) is 16.5 Å². The smallest absolute Gasteiger partial charge is 0.276 e. The number of carbonyl (C=O) groups excluding carboxylic acids is 1. The summed E-state index contributed by atoms with van der Waals surface area (Å²) >= 11 is 5.90. The molecule has 0 radical (unpaired) electrons. The number of hydrogen-bond acceptors (Lipinski definition) is 4. The van der Waals surface area contributed by atoms with Gasteiger partial charge in [-0.2, -0.15) is 0 Å². The molecule has 0 bridgehead atoms. The van der Waals surface area contributed by atoms with E-state index in [4.69, 9.17) is 11.6 Å². The minimum Gasteiger partial charge on any atom is -0.339 e. The van der Waals surface area contributed by atoms with Crippen molar-refractivity contribution < 1.29 is 4.79 Å². The number of nitrogens with zero attached hydrogens (tertiary/aromatic N) is 2. The summed E-state index contributed by atoms with van der Waals surface area (Å²) in [5.74, 6) is 0.232. The van der Waals surface area contributed by atoms with Crippen molar-refractivity contribution in [3.8, 4) is 0 Å². The van der Waals surface area contributed by atoms with E-state index in [1.807, 2.05) is 31.2 Å². The second-order valence-electron chi connectivity index (χ2n) is 5.21. The Labute approximate surface area is 144 Å². The van der Waals surface area contributed by atoms with Gasteiger partial charge < -0.3 is 10.6 Å². The van der Waals surface area contributed by atoms with Crippen molar-refractivity contribution in [3.05, 3.63) is 76.9 Å². The zero-order valence-electron chi connectivity index (χ0n) is 13.0. The van der Waals surface area contributed by atoms with Crippen LogP contribution in [0.2, 0.25) is 5.02 Å². The SMILES string of the molecule is Cc1ccccc1Nc1ccc(C(=O)Nc2cccc(Cl)c2)nn1. The van der Waals surface area contributed by atoms with Crippen LogP contribution in [-0.2, 0) is 0 Å². The summed E-state index contributed by atoms with van der Waals surface area (Å²) in [6.45, 7) is 2.00. The molecule has 0 aliphatic rings. The summed E-state index contributed by atoms with van der Waals surface area (Å²) < 4.78 is 0. The number of anilines is 3. The highest BCUT2D eigenvalue weighted by Crippen LogP contribution is 2.18. The fourth-order valence-corrected chi connectivity index (χ4v) is 2.32. The van der Waals surface area contributed by atoms with Crippen molar-refractivity contribution in [2.75, 3.05) is 10.6 Å². The van der Waals surface area contributed by atoms with Crippen LogP contribution in [0.1, 0.15) is 16.1 Å². The number of aromatic nitrogens is 2. The molecule has 0 unspecified atom stereocenters. The maximum atomic E-state index is 12.2. The number of para-hydroxylation sites is 1. The van der Waals surface area contributed by atoms with Gasteiger partial charge in [0.2, 0.25) is 0 Å². The molecule has 1 amide bonds. The average molecular weight is 339 g/mol. The van der Waals surface area contributed by atoms with Gasteiger partial charge in [0.15, 0.2) is 11.5 Å². The second kappa shape index (κ2) is 7.10. The molecule has 2 N–H and O–H groups in total. The van der Waals surface area contributed by atoms with Gasteiger partial charge in [-0.3, -0.25) is 4.79 Å². The Bertz CT molecular complexity index is 865. The van der Waals surface area contributed by atoms with E-state index >= 15 is 0 Å². The maximum Gasteiger partial charge on any atom is 0.276 e. The van der Waals surface area contributed by atoms with Crippen LogP contribution in [0.3, 0.4) is 0 Å². The molecule has 3 aromatic rings. The first-order chi connectivity index (χ1) is 11.6. The number of carbonyl (C=O) groups is 1. The van der Waals surface area contributed by atoms with Crippen molar-refractivity contribution in [2.24, 2.45) is 0 Å². The van der Waals surface area contributed by atoms with Gasteiger partial charge in [-0.05, 0) is 48.9 Å². The third kappa shape index (κ3) is 3.88. The molecule has 3 rings (SSSR count). The standard InChI is InChI=1S/C18H15ClN4O/c1-12-5-2-3-8-15(12)21-17-10-9-16(22-23-17)18(24)20-14-7-4-6-13(19)11-14/h2-11H,1H3,(H,20,24)(H,21,23). The summed E-state index contributed by atoms with van der Waals surface area (Å²) in [5.41, 5.74) is 2.88. The van der Waals surface area contributed by atoms with Crippen LogP contribution in [0, 0.1) is 6.92 Å². The van der Waals surface area contributed by atoms with Crippen molar-refractivity contribution in [3.63, 3.8) is 0 Å². The highest BCUT2D eigenvalue weighted by molar-refractivity contribution is 6.30. The molecule has 5 nitrogen and oxygen atoms in total. The molecule has 2 aromatic carbocycles. The number of halogens is 1. The Kier molecular flexibility index (Phi) is 4.72. The molecule has 0 fully saturated rings. The molecule has 6 heteroatoms. The van der Waals surface area contributed by atoms with E-state index in [1.54, 1.807) is 36.4 Å². The van der Waals surface area contributed by atoms with E-state index in [-0.39, 0.29) is 11.6 Å². The molecular formula is C18H15ClN4O. The lowest BCUT2D eigenvalue weighted by Gasteiger charge is -2.08. The van der Waals surface area contributed by atoms with Gasteiger partial charge in [-0.1, -0.05) is 35.9 Å². The molecule has 0 saturated heterocycles. The molecule has 0 saturated carbocycles. The van der Waals surface area contributed by atoms with Gasteiger partial charge in [0, 0.05) is 16.4 Å². The molecular weight excluding hydrogens is 324 g/mol. The molecule has 0 aliphatic carbocycles. The van der Waals surface area contributed by atoms with Gasteiger partial charge in [0.1, 0.15) is 0 Å². The fourth-order valence-electron chi connectivity index (χ4n) is 2.13.